The Morgan fingerprint density at radius 1 is 1.44 bits per heavy atom. The fourth-order valence-corrected chi connectivity index (χ4v) is 1.75. The zero-order valence-electron chi connectivity index (χ0n) is 6.01. The normalized spacial score (nSPS) is 32.0. The van der Waals surface area contributed by atoms with E-state index in [4.69, 9.17) is 0 Å². The average Bonchev–Trinajstić information content (AvgIpc) is 1.93. The fourth-order valence-electron chi connectivity index (χ4n) is 1.33. The van der Waals surface area contributed by atoms with Crippen LogP contribution in [0.2, 0.25) is 0 Å². The van der Waals surface area contributed by atoms with Crippen molar-refractivity contribution in [1.82, 2.24) is 4.31 Å². The van der Waals surface area contributed by atoms with Gasteiger partial charge in [-0.1, -0.05) is 26.2 Å². The van der Waals surface area contributed by atoms with E-state index in [0.29, 0.717) is 0 Å². The number of hydrogen-bond donors (Lipinski definition) is 1. The molecule has 0 aliphatic carbocycles. The molecule has 1 nitrogen and oxygen atoms in total. The van der Waals surface area contributed by atoms with E-state index >= 15 is 0 Å². The number of rotatable bonds is 0. The zero-order chi connectivity index (χ0) is 6.69. The summed E-state index contributed by atoms with van der Waals surface area (Å²) in [4.78, 5) is 0. The molecule has 0 bridgehead atoms. The van der Waals surface area contributed by atoms with Gasteiger partial charge in [-0.05, 0) is 18.8 Å². The van der Waals surface area contributed by atoms with Crippen LogP contribution < -0.4 is 0 Å². The minimum absolute atomic E-state index is 0.852. The summed E-state index contributed by atoms with van der Waals surface area (Å²) in [6.45, 7) is 4.64. The van der Waals surface area contributed by atoms with Crippen LogP contribution >= 0.6 is 12.8 Å². The smallest absolute Gasteiger partial charge is 0.0113 e. The highest BCUT2D eigenvalue weighted by molar-refractivity contribution is 7.77. The third-order valence-electron chi connectivity index (χ3n) is 1.89. The molecule has 0 saturated carbocycles. The van der Waals surface area contributed by atoms with Crippen LogP contribution in [0.4, 0.5) is 0 Å². The summed E-state index contributed by atoms with van der Waals surface area (Å²) in [6, 6.07) is 0. The van der Waals surface area contributed by atoms with Crippen LogP contribution in [0.5, 0.6) is 0 Å². The summed E-state index contributed by atoms with van der Waals surface area (Å²) in [6.07, 6.45) is 4.10. The van der Waals surface area contributed by atoms with Gasteiger partial charge in [0.2, 0.25) is 0 Å². The van der Waals surface area contributed by atoms with E-state index < -0.39 is 0 Å². The predicted molar refractivity (Wildman–Crippen MR) is 43.6 cm³/mol. The maximum atomic E-state index is 4.32. The van der Waals surface area contributed by atoms with Gasteiger partial charge in [-0.25, -0.2) is 0 Å². The molecule has 1 saturated heterocycles. The van der Waals surface area contributed by atoms with Crippen molar-refractivity contribution in [2.45, 2.75) is 26.2 Å². The third-order valence-corrected chi connectivity index (χ3v) is 2.25. The molecular weight excluding hydrogens is 130 g/mol. The van der Waals surface area contributed by atoms with E-state index in [1.807, 2.05) is 0 Å². The van der Waals surface area contributed by atoms with Crippen LogP contribution in [-0.4, -0.2) is 17.4 Å². The van der Waals surface area contributed by atoms with Crippen LogP contribution in [-0.2, 0) is 0 Å². The van der Waals surface area contributed by atoms with E-state index in [0.717, 1.165) is 5.92 Å². The molecule has 1 aliphatic heterocycles. The molecule has 2 heteroatoms. The molecule has 0 spiro atoms. The first-order valence-corrected chi connectivity index (χ1v) is 4.13. The van der Waals surface area contributed by atoms with Gasteiger partial charge in [0.15, 0.2) is 0 Å². The summed E-state index contributed by atoms with van der Waals surface area (Å²) < 4.78 is 2.14. The Hall–Kier alpha value is 0.310. The summed E-state index contributed by atoms with van der Waals surface area (Å²) in [5.41, 5.74) is 0. The minimum atomic E-state index is 0.852. The van der Waals surface area contributed by atoms with Crippen molar-refractivity contribution >= 4 is 12.8 Å². The minimum Gasteiger partial charge on any atom is -0.253 e. The SMILES string of the molecule is CC1CCCCN(S)C1. The molecule has 1 atom stereocenters. The first-order valence-electron chi connectivity index (χ1n) is 3.73. The van der Waals surface area contributed by atoms with E-state index in [2.05, 4.69) is 24.0 Å². The van der Waals surface area contributed by atoms with Gasteiger partial charge in [-0.3, -0.25) is 4.31 Å². The van der Waals surface area contributed by atoms with Gasteiger partial charge < -0.3 is 0 Å². The number of thiol groups is 1. The Morgan fingerprint density at radius 2 is 2.22 bits per heavy atom. The maximum absolute atomic E-state index is 4.32. The lowest BCUT2D eigenvalue weighted by Crippen LogP contribution is -2.16. The van der Waals surface area contributed by atoms with Crippen LogP contribution in [0, 0.1) is 5.92 Å². The number of nitrogens with zero attached hydrogens (tertiary/aromatic N) is 1. The second-order valence-electron chi connectivity index (χ2n) is 3.01. The topological polar surface area (TPSA) is 3.24 Å². The van der Waals surface area contributed by atoms with Gasteiger partial charge in [0.1, 0.15) is 0 Å². The van der Waals surface area contributed by atoms with Crippen molar-refractivity contribution in [3.05, 3.63) is 0 Å². The van der Waals surface area contributed by atoms with Crippen molar-refractivity contribution in [2.75, 3.05) is 13.1 Å². The molecule has 1 fully saturated rings. The summed E-state index contributed by atoms with van der Waals surface area (Å²) in [7, 11) is 0. The molecule has 1 rings (SSSR count). The summed E-state index contributed by atoms with van der Waals surface area (Å²) in [5, 5.41) is 0. The Balaban J connectivity index is 2.29. The second kappa shape index (κ2) is 3.47. The zero-order valence-corrected chi connectivity index (χ0v) is 6.90. The maximum Gasteiger partial charge on any atom is 0.0113 e. The van der Waals surface area contributed by atoms with Gasteiger partial charge in [-0.15, -0.1) is 0 Å². The lowest BCUT2D eigenvalue weighted by molar-refractivity contribution is 0.424. The average molecular weight is 145 g/mol. The fraction of sp³-hybridized carbons (Fsp3) is 1.00. The molecular formula is C7H15NS. The quantitative estimate of drug-likeness (QED) is 0.510. The van der Waals surface area contributed by atoms with Gasteiger partial charge >= 0.3 is 0 Å². The molecule has 0 aromatic rings. The molecule has 0 aromatic carbocycles. The van der Waals surface area contributed by atoms with Crippen LogP contribution in [0.15, 0.2) is 0 Å². The highest BCUT2D eigenvalue weighted by Crippen LogP contribution is 2.16. The lowest BCUT2D eigenvalue weighted by atomic mass is 10.1. The largest absolute Gasteiger partial charge is 0.253 e. The molecule has 0 amide bonds. The molecule has 0 N–H and O–H groups in total. The van der Waals surface area contributed by atoms with Gasteiger partial charge in [0.25, 0.3) is 0 Å². The molecule has 0 radical (unpaired) electrons. The molecule has 1 aliphatic rings. The molecule has 1 heterocycles. The van der Waals surface area contributed by atoms with Crippen molar-refractivity contribution in [2.24, 2.45) is 5.92 Å². The lowest BCUT2D eigenvalue weighted by Gasteiger charge is -2.13. The third kappa shape index (κ3) is 2.59. The molecule has 54 valence electrons. The van der Waals surface area contributed by atoms with Crippen LogP contribution in [0.1, 0.15) is 26.2 Å². The van der Waals surface area contributed by atoms with Crippen LogP contribution in [0.25, 0.3) is 0 Å². The van der Waals surface area contributed by atoms with E-state index in [9.17, 15) is 0 Å². The van der Waals surface area contributed by atoms with E-state index in [1.54, 1.807) is 0 Å². The second-order valence-corrected chi connectivity index (χ2v) is 3.58. The van der Waals surface area contributed by atoms with Crippen LogP contribution in [0.3, 0.4) is 0 Å². The highest BCUT2D eigenvalue weighted by atomic mass is 32.1. The van der Waals surface area contributed by atoms with Gasteiger partial charge in [0.05, 0.1) is 0 Å². The Kier molecular flexibility index (Phi) is 2.86. The molecule has 0 aromatic heterocycles. The summed E-state index contributed by atoms with van der Waals surface area (Å²) >= 11 is 4.32. The molecule has 1 unspecified atom stereocenters. The monoisotopic (exact) mass is 145 g/mol. The summed E-state index contributed by atoms with van der Waals surface area (Å²) in [5.74, 6) is 0.852. The van der Waals surface area contributed by atoms with Crippen molar-refractivity contribution < 1.29 is 0 Å². The Labute approximate surface area is 63.0 Å². The van der Waals surface area contributed by atoms with Crippen molar-refractivity contribution in [3.63, 3.8) is 0 Å². The highest BCUT2D eigenvalue weighted by Gasteiger charge is 2.10. The van der Waals surface area contributed by atoms with Gasteiger partial charge in [0, 0.05) is 13.1 Å². The van der Waals surface area contributed by atoms with Crippen molar-refractivity contribution in [3.8, 4) is 0 Å². The Bertz CT molecular complexity index is 75.0. The van der Waals surface area contributed by atoms with E-state index in [1.165, 1.54) is 32.4 Å². The Morgan fingerprint density at radius 3 is 3.00 bits per heavy atom. The standard InChI is InChI=1S/C7H15NS/c1-7-4-2-3-5-8(9)6-7/h7,9H,2-6H2,1H3. The van der Waals surface area contributed by atoms with Gasteiger partial charge in [-0.2, -0.15) is 0 Å². The van der Waals surface area contributed by atoms with Crippen molar-refractivity contribution in [1.29, 1.82) is 0 Å². The molecule has 9 heavy (non-hydrogen) atoms. The first-order chi connectivity index (χ1) is 4.29. The first kappa shape index (κ1) is 7.42. The predicted octanol–water partition coefficient (Wildman–Crippen LogP) is 1.95. The number of hydrogen-bond acceptors (Lipinski definition) is 2. The van der Waals surface area contributed by atoms with E-state index in [-0.39, 0.29) is 0 Å².